The van der Waals surface area contributed by atoms with E-state index in [0.29, 0.717) is 0 Å². The van der Waals surface area contributed by atoms with Gasteiger partial charge in [-0.15, -0.1) is 0 Å². The Bertz CT molecular complexity index is 751. The van der Waals surface area contributed by atoms with Crippen molar-refractivity contribution >= 4 is 31.6 Å². The van der Waals surface area contributed by atoms with Crippen LogP contribution in [0.3, 0.4) is 0 Å². The molecule has 0 saturated carbocycles. The first-order chi connectivity index (χ1) is 9.81. The highest BCUT2D eigenvalue weighted by molar-refractivity contribution is 9.10. The Morgan fingerprint density at radius 3 is 2.48 bits per heavy atom. The average Bonchev–Trinajstić information content (AvgIpc) is 2.43. The zero-order chi connectivity index (χ0) is 15.6. The molecule has 0 spiro atoms. The van der Waals surface area contributed by atoms with Crippen LogP contribution in [-0.2, 0) is 10.0 Å². The maximum atomic E-state index is 13.3. The van der Waals surface area contributed by atoms with Crippen LogP contribution in [0.1, 0.15) is 18.5 Å². The molecule has 2 aromatic carbocycles. The van der Waals surface area contributed by atoms with Gasteiger partial charge in [0.15, 0.2) is 0 Å². The summed E-state index contributed by atoms with van der Waals surface area (Å²) in [5.74, 6) is -0.670. The number of nitrogens with two attached hydrogens (primary N) is 1. The van der Waals surface area contributed by atoms with Crippen molar-refractivity contribution < 1.29 is 12.8 Å². The van der Waals surface area contributed by atoms with Gasteiger partial charge in [-0.05, 0) is 40.5 Å². The van der Waals surface area contributed by atoms with E-state index in [-0.39, 0.29) is 15.1 Å². The lowest BCUT2D eigenvalue weighted by atomic mass is 10.1. The van der Waals surface area contributed by atoms with Crippen LogP contribution >= 0.6 is 15.9 Å². The van der Waals surface area contributed by atoms with Crippen molar-refractivity contribution in [2.24, 2.45) is 0 Å². The summed E-state index contributed by atoms with van der Waals surface area (Å²) < 4.78 is 40.7. The van der Waals surface area contributed by atoms with Crippen LogP contribution in [0.4, 0.5) is 10.1 Å². The summed E-state index contributed by atoms with van der Waals surface area (Å²) in [5.41, 5.74) is 6.05. The molecular formula is C14H14BrFN2O2S. The molecule has 3 N–H and O–H groups in total. The first kappa shape index (κ1) is 15.9. The van der Waals surface area contributed by atoms with Crippen LogP contribution in [0.5, 0.6) is 0 Å². The number of benzene rings is 2. The minimum atomic E-state index is -3.82. The maximum absolute atomic E-state index is 13.3. The Kier molecular flexibility index (Phi) is 4.65. The largest absolute Gasteiger partial charge is 0.396 e. The Balaban J connectivity index is 2.33. The molecule has 4 nitrogen and oxygen atoms in total. The second-order valence-corrected chi connectivity index (χ2v) is 7.09. The zero-order valence-corrected chi connectivity index (χ0v) is 13.6. The molecule has 21 heavy (non-hydrogen) atoms. The van der Waals surface area contributed by atoms with Gasteiger partial charge in [0.1, 0.15) is 5.82 Å². The van der Waals surface area contributed by atoms with Crippen LogP contribution in [0.15, 0.2) is 51.8 Å². The number of halogens is 2. The third kappa shape index (κ3) is 3.61. The molecule has 0 aliphatic heterocycles. The minimum absolute atomic E-state index is 0.0934. The minimum Gasteiger partial charge on any atom is -0.396 e. The number of hydrogen-bond donors (Lipinski definition) is 2. The highest BCUT2D eigenvalue weighted by Gasteiger charge is 2.22. The predicted octanol–water partition coefficient (Wildman–Crippen LogP) is 3.21. The van der Waals surface area contributed by atoms with Crippen LogP contribution in [-0.4, -0.2) is 8.42 Å². The Hall–Kier alpha value is -1.44. The van der Waals surface area contributed by atoms with Gasteiger partial charge >= 0.3 is 0 Å². The highest BCUT2D eigenvalue weighted by atomic mass is 79.9. The van der Waals surface area contributed by atoms with Crippen molar-refractivity contribution in [3.05, 3.63) is 58.3 Å². The summed E-state index contributed by atoms with van der Waals surface area (Å²) >= 11 is 3.05. The van der Waals surface area contributed by atoms with Gasteiger partial charge in [0.25, 0.3) is 0 Å². The number of rotatable bonds is 4. The quantitative estimate of drug-likeness (QED) is 0.809. The first-order valence-corrected chi connectivity index (χ1v) is 8.40. The summed E-state index contributed by atoms with van der Waals surface area (Å²) in [4.78, 5) is -0.0934. The lowest BCUT2D eigenvalue weighted by Crippen LogP contribution is -2.27. The average molecular weight is 373 g/mol. The molecule has 0 unspecified atom stereocenters. The van der Waals surface area contributed by atoms with Crippen LogP contribution < -0.4 is 10.5 Å². The van der Waals surface area contributed by atoms with E-state index in [1.54, 1.807) is 6.92 Å². The van der Waals surface area contributed by atoms with Gasteiger partial charge in [0.05, 0.1) is 10.6 Å². The van der Waals surface area contributed by atoms with E-state index < -0.39 is 21.9 Å². The SMILES string of the molecule is C[C@H](NS(=O)(=O)c1cc(N)c(F)cc1Br)c1ccccc1. The predicted molar refractivity (Wildman–Crippen MR) is 83.7 cm³/mol. The van der Waals surface area contributed by atoms with E-state index >= 15 is 0 Å². The van der Waals surface area contributed by atoms with Gasteiger partial charge in [-0.1, -0.05) is 30.3 Å². The Morgan fingerprint density at radius 2 is 1.86 bits per heavy atom. The number of nitrogens with one attached hydrogen (secondary N) is 1. The lowest BCUT2D eigenvalue weighted by Gasteiger charge is -2.16. The van der Waals surface area contributed by atoms with E-state index in [9.17, 15) is 12.8 Å². The Morgan fingerprint density at radius 1 is 1.24 bits per heavy atom. The van der Waals surface area contributed by atoms with Gasteiger partial charge in [0, 0.05) is 10.5 Å². The van der Waals surface area contributed by atoms with E-state index in [4.69, 9.17) is 5.73 Å². The normalized spacial score (nSPS) is 13.1. The Labute approximate surface area is 131 Å². The van der Waals surface area contributed by atoms with Crippen LogP contribution in [0, 0.1) is 5.82 Å². The van der Waals surface area contributed by atoms with Crippen molar-refractivity contribution in [3.63, 3.8) is 0 Å². The molecule has 0 saturated heterocycles. The molecule has 0 aliphatic carbocycles. The highest BCUT2D eigenvalue weighted by Crippen LogP contribution is 2.27. The second-order valence-electron chi connectivity index (χ2n) is 4.56. The summed E-state index contributed by atoms with van der Waals surface area (Å²) in [5, 5.41) is 0. The third-order valence-electron chi connectivity index (χ3n) is 2.97. The third-order valence-corrected chi connectivity index (χ3v) is 5.47. The van der Waals surface area contributed by atoms with Crippen molar-refractivity contribution in [2.75, 3.05) is 5.73 Å². The van der Waals surface area contributed by atoms with E-state index in [2.05, 4.69) is 20.7 Å². The molecule has 0 aliphatic rings. The topological polar surface area (TPSA) is 72.2 Å². The molecule has 0 heterocycles. The van der Waals surface area contributed by atoms with E-state index in [0.717, 1.165) is 17.7 Å². The van der Waals surface area contributed by atoms with Gasteiger partial charge in [-0.25, -0.2) is 17.5 Å². The molecule has 7 heteroatoms. The molecule has 0 aromatic heterocycles. The molecular weight excluding hydrogens is 359 g/mol. The maximum Gasteiger partial charge on any atom is 0.242 e. The second kappa shape index (κ2) is 6.13. The van der Waals surface area contributed by atoms with Crippen molar-refractivity contribution in [2.45, 2.75) is 17.9 Å². The number of sulfonamides is 1. The number of anilines is 1. The summed E-state index contributed by atoms with van der Waals surface area (Å²) in [7, 11) is -3.82. The van der Waals surface area contributed by atoms with E-state index in [1.807, 2.05) is 30.3 Å². The molecule has 112 valence electrons. The van der Waals surface area contributed by atoms with Crippen LogP contribution in [0.2, 0.25) is 0 Å². The smallest absolute Gasteiger partial charge is 0.242 e. The fourth-order valence-corrected chi connectivity index (χ4v) is 4.14. The monoisotopic (exact) mass is 372 g/mol. The lowest BCUT2D eigenvalue weighted by molar-refractivity contribution is 0.566. The van der Waals surface area contributed by atoms with Crippen molar-refractivity contribution in [1.29, 1.82) is 0 Å². The summed E-state index contributed by atoms with van der Waals surface area (Å²) in [6.45, 7) is 1.73. The number of hydrogen-bond acceptors (Lipinski definition) is 3. The molecule has 0 fully saturated rings. The zero-order valence-electron chi connectivity index (χ0n) is 11.2. The standard InChI is InChI=1S/C14H14BrFN2O2S/c1-9(10-5-3-2-4-6-10)18-21(19,20)14-8-13(17)12(16)7-11(14)15/h2-9,18H,17H2,1H3/t9-/m0/s1. The summed E-state index contributed by atoms with van der Waals surface area (Å²) in [6.07, 6.45) is 0. The number of nitrogen functional groups attached to an aromatic ring is 1. The van der Waals surface area contributed by atoms with Crippen LogP contribution in [0.25, 0.3) is 0 Å². The van der Waals surface area contributed by atoms with Gasteiger partial charge in [-0.2, -0.15) is 0 Å². The van der Waals surface area contributed by atoms with E-state index in [1.165, 1.54) is 0 Å². The van der Waals surface area contributed by atoms with Gasteiger partial charge in [-0.3, -0.25) is 0 Å². The van der Waals surface area contributed by atoms with Gasteiger partial charge in [0.2, 0.25) is 10.0 Å². The van der Waals surface area contributed by atoms with Crippen molar-refractivity contribution in [3.8, 4) is 0 Å². The fourth-order valence-electron chi connectivity index (χ4n) is 1.86. The molecule has 2 aromatic rings. The van der Waals surface area contributed by atoms with Gasteiger partial charge < -0.3 is 5.73 Å². The summed E-state index contributed by atoms with van der Waals surface area (Å²) in [6, 6.07) is 10.9. The molecule has 0 bridgehead atoms. The fraction of sp³-hybridized carbons (Fsp3) is 0.143. The van der Waals surface area contributed by atoms with Crippen molar-refractivity contribution in [1.82, 2.24) is 4.72 Å². The molecule has 0 radical (unpaired) electrons. The molecule has 0 amide bonds. The molecule has 1 atom stereocenters. The molecule has 2 rings (SSSR count). The first-order valence-electron chi connectivity index (χ1n) is 6.13.